The average Bonchev–Trinajstić information content (AvgIpc) is 2.79. The van der Waals surface area contributed by atoms with Crippen molar-refractivity contribution in [2.75, 3.05) is 37.3 Å². The van der Waals surface area contributed by atoms with E-state index < -0.39 is 17.9 Å². The zero-order chi connectivity index (χ0) is 21.2. The quantitative estimate of drug-likeness (QED) is 0.337. The van der Waals surface area contributed by atoms with Gasteiger partial charge in [-0.2, -0.15) is 0 Å². The highest BCUT2D eigenvalue weighted by Gasteiger charge is 2.22. The number of nitrogens with one attached hydrogen (secondary N) is 6. The summed E-state index contributed by atoms with van der Waals surface area (Å²) in [7, 11) is 1.71. The largest absolute Gasteiger partial charge is 0.366 e. The second-order valence-electron chi connectivity index (χ2n) is 6.34. The number of carbonyl (C=O) groups excluding carboxylic acids is 4. The van der Waals surface area contributed by atoms with Gasteiger partial charge in [-0.15, -0.1) is 0 Å². The average molecular weight is 420 g/mol. The molecule has 0 unspecified atom stereocenters. The molecule has 11 heteroatoms. The van der Waals surface area contributed by atoms with Crippen LogP contribution in [0.1, 0.15) is 12.8 Å². The molecule has 1 aliphatic rings. The first-order valence-corrected chi connectivity index (χ1v) is 9.46. The van der Waals surface area contributed by atoms with Gasteiger partial charge in [0, 0.05) is 24.8 Å². The van der Waals surface area contributed by atoms with Crippen LogP contribution in [0.3, 0.4) is 0 Å². The van der Waals surface area contributed by atoms with Gasteiger partial charge in [0.1, 0.15) is 0 Å². The zero-order valence-corrected chi connectivity index (χ0v) is 16.8. The Morgan fingerprint density at radius 2 is 1.76 bits per heavy atom. The van der Waals surface area contributed by atoms with E-state index in [1.807, 2.05) is 0 Å². The van der Waals surface area contributed by atoms with E-state index in [-0.39, 0.29) is 44.2 Å². The highest BCUT2D eigenvalue weighted by atomic mass is 32.1. The van der Waals surface area contributed by atoms with Crippen LogP contribution in [0.25, 0.3) is 0 Å². The molecular formula is C18H24N6O4S. The van der Waals surface area contributed by atoms with Crippen molar-refractivity contribution in [3.8, 4) is 0 Å². The number of carbonyl (C=O) groups is 4. The summed E-state index contributed by atoms with van der Waals surface area (Å²) in [5, 5.41) is 16.7. The van der Waals surface area contributed by atoms with Crippen molar-refractivity contribution in [3.05, 3.63) is 24.3 Å². The molecule has 2 rings (SSSR count). The van der Waals surface area contributed by atoms with Crippen molar-refractivity contribution in [1.82, 2.24) is 21.3 Å². The lowest BCUT2D eigenvalue weighted by Gasteiger charge is -2.16. The summed E-state index contributed by atoms with van der Waals surface area (Å²) in [4.78, 5) is 47.5. The van der Waals surface area contributed by atoms with Crippen molar-refractivity contribution in [1.29, 1.82) is 0 Å². The van der Waals surface area contributed by atoms with Crippen molar-refractivity contribution >= 4 is 52.2 Å². The number of benzene rings is 1. The Labute approximate surface area is 173 Å². The molecule has 1 saturated heterocycles. The van der Waals surface area contributed by atoms with Crippen LogP contribution >= 0.6 is 12.2 Å². The molecule has 0 bridgehead atoms. The number of hydrogen-bond donors (Lipinski definition) is 6. The normalized spacial score (nSPS) is 17.1. The number of Topliss-reactive ketones (excluding diaryl/α,β-unsaturated/α-hetero) is 1. The molecule has 10 nitrogen and oxygen atoms in total. The van der Waals surface area contributed by atoms with Crippen molar-refractivity contribution in [3.63, 3.8) is 0 Å². The van der Waals surface area contributed by atoms with E-state index in [2.05, 4.69) is 31.9 Å². The van der Waals surface area contributed by atoms with Gasteiger partial charge < -0.3 is 26.6 Å². The molecule has 1 atom stereocenters. The predicted molar refractivity (Wildman–Crippen MR) is 112 cm³/mol. The third-order valence-electron chi connectivity index (χ3n) is 4.08. The minimum atomic E-state index is -0.725. The molecule has 6 N–H and O–H groups in total. The molecule has 1 fully saturated rings. The molecule has 0 spiro atoms. The van der Waals surface area contributed by atoms with Crippen molar-refractivity contribution in [2.45, 2.75) is 18.9 Å². The molecule has 156 valence electrons. The molecule has 0 aromatic heterocycles. The number of ketones is 1. The molecule has 3 amide bonds. The summed E-state index contributed by atoms with van der Waals surface area (Å²) < 4.78 is 0. The van der Waals surface area contributed by atoms with Gasteiger partial charge in [-0.05, 0) is 42.9 Å². The third kappa shape index (κ3) is 7.84. The summed E-state index contributed by atoms with van der Waals surface area (Å²) in [5.74, 6) is -1.35. The Kier molecular flexibility index (Phi) is 8.49. The molecule has 1 heterocycles. The van der Waals surface area contributed by atoms with Crippen LogP contribution in [0.15, 0.2) is 24.3 Å². The van der Waals surface area contributed by atoms with Crippen molar-refractivity contribution in [2.24, 2.45) is 0 Å². The maximum Gasteiger partial charge on any atom is 0.243 e. The molecule has 0 saturated carbocycles. The molecule has 0 radical (unpaired) electrons. The smallest absolute Gasteiger partial charge is 0.243 e. The first kappa shape index (κ1) is 22.2. The molecule has 1 aliphatic heterocycles. The van der Waals surface area contributed by atoms with E-state index in [1.54, 1.807) is 31.3 Å². The minimum absolute atomic E-state index is 0.0259. The van der Waals surface area contributed by atoms with E-state index in [4.69, 9.17) is 12.2 Å². The summed E-state index contributed by atoms with van der Waals surface area (Å²) in [6, 6.07) is 6.18. The SMILES string of the molecule is CNC(=S)Nc1ccc(NC(=O)CNC(=O)[C@H]2CCC(=O)NCC(=O)CN2)cc1. The van der Waals surface area contributed by atoms with E-state index >= 15 is 0 Å². The Balaban J connectivity index is 1.81. The van der Waals surface area contributed by atoms with Gasteiger partial charge in [0.2, 0.25) is 17.7 Å². The second kappa shape index (κ2) is 11.1. The number of rotatable bonds is 5. The van der Waals surface area contributed by atoms with Gasteiger partial charge in [-0.1, -0.05) is 0 Å². The lowest BCUT2D eigenvalue weighted by Crippen LogP contribution is -2.47. The predicted octanol–water partition coefficient (Wildman–Crippen LogP) is -0.905. The topological polar surface area (TPSA) is 140 Å². The monoisotopic (exact) mass is 420 g/mol. The third-order valence-corrected chi connectivity index (χ3v) is 4.39. The lowest BCUT2D eigenvalue weighted by atomic mass is 10.1. The van der Waals surface area contributed by atoms with Gasteiger partial charge in [-0.3, -0.25) is 24.5 Å². The Bertz CT molecular complexity index is 763. The Morgan fingerprint density at radius 3 is 2.41 bits per heavy atom. The Hall–Kier alpha value is -3.05. The summed E-state index contributed by atoms with van der Waals surface area (Å²) >= 11 is 5.01. The summed E-state index contributed by atoms with van der Waals surface area (Å²) in [6.45, 7) is -0.319. The molecule has 1 aromatic rings. The lowest BCUT2D eigenvalue weighted by molar-refractivity contribution is -0.126. The highest BCUT2D eigenvalue weighted by molar-refractivity contribution is 7.80. The van der Waals surface area contributed by atoms with Gasteiger partial charge in [0.15, 0.2) is 10.9 Å². The highest BCUT2D eigenvalue weighted by Crippen LogP contribution is 2.13. The number of anilines is 2. The first-order valence-electron chi connectivity index (χ1n) is 9.05. The van der Waals surface area contributed by atoms with Crippen LogP contribution in [0.4, 0.5) is 11.4 Å². The zero-order valence-electron chi connectivity index (χ0n) is 16.0. The van der Waals surface area contributed by atoms with E-state index in [0.717, 1.165) is 5.69 Å². The first-order chi connectivity index (χ1) is 13.9. The van der Waals surface area contributed by atoms with Gasteiger partial charge >= 0.3 is 0 Å². The number of amides is 3. The maximum absolute atomic E-state index is 12.3. The second-order valence-corrected chi connectivity index (χ2v) is 6.74. The van der Waals surface area contributed by atoms with Crippen molar-refractivity contribution < 1.29 is 19.2 Å². The fourth-order valence-corrected chi connectivity index (χ4v) is 2.63. The molecule has 29 heavy (non-hydrogen) atoms. The van der Waals surface area contributed by atoms with Crippen LogP contribution < -0.4 is 31.9 Å². The summed E-state index contributed by atoms with van der Waals surface area (Å²) in [5.41, 5.74) is 1.33. The van der Waals surface area contributed by atoms with Crippen LogP contribution in [0.2, 0.25) is 0 Å². The van der Waals surface area contributed by atoms with Crippen LogP contribution in [0, 0.1) is 0 Å². The fourth-order valence-electron chi connectivity index (χ4n) is 2.51. The minimum Gasteiger partial charge on any atom is -0.366 e. The van der Waals surface area contributed by atoms with Gasteiger partial charge in [0.25, 0.3) is 0 Å². The number of hydrogen-bond acceptors (Lipinski definition) is 6. The molecule has 0 aliphatic carbocycles. The molecule has 1 aromatic carbocycles. The summed E-state index contributed by atoms with van der Waals surface area (Å²) in [6.07, 6.45) is 0.345. The van der Waals surface area contributed by atoms with Crippen LogP contribution in [-0.4, -0.2) is 61.3 Å². The fraction of sp³-hybridized carbons (Fsp3) is 0.389. The Morgan fingerprint density at radius 1 is 1.10 bits per heavy atom. The van der Waals surface area contributed by atoms with E-state index in [9.17, 15) is 19.2 Å². The van der Waals surface area contributed by atoms with Crippen LogP contribution in [0.5, 0.6) is 0 Å². The van der Waals surface area contributed by atoms with Gasteiger partial charge in [-0.25, -0.2) is 0 Å². The number of thiocarbonyl (C=S) groups is 1. The van der Waals surface area contributed by atoms with E-state index in [1.165, 1.54) is 0 Å². The maximum atomic E-state index is 12.3. The standard InChI is InChI=1S/C18H24N6O4S/c1-19-18(29)24-12-4-2-11(3-5-12)23-16(27)10-22-17(28)14-6-7-15(26)21-9-13(25)8-20-14/h2-5,14,20H,6-10H2,1H3,(H,21,26)(H,22,28)(H,23,27)(H2,19,24,29)/t14-/m1/s1. The van der Waals surface area contributed by atoms with E-state index in [0.29, 0.717) is 10.8 Å². The van der Waals surface area contributed by atoms with Crippen LogP contribution in [-0.2, 0) is 19.2 Å². The van der Waals surface area contributed by atoms with Gasteiger partial charge in [0.05, 0.1) is 25.7 Å². The molecular weight excluding hydrogens is 396 g/mol.